The highest BCUT2D eigenvalue weighted by atomic mass is 32.1. The van der Waals surface area contributed by atoms with E-state index >= 15 is 0 Å². The number of nitrogens with zero attached hydrogens (tertiary/aromatic N) is 3. The van der Waals surface area contributed by atoms with Gasteiger partial charge in [-0.1, -0.05) is 18.2 Å². The van der Waals surface area contributed by atoms with Gasteiger partial charge in [0.25, 0.3) is 5.91 Å². The molecular formula is C26H28N4O3S2. The number of likely N-dealkylation sites (tertiary alicyclic amines) is 1. The lowest BCUT2D eigenvalue weighted by atomic mass is 10.2. The fourth-order valence-electron chi connectivity index (χ4n) is 4.51. The Morgan fingerprint density at radius 1 is 1.23 bits per heavy atom. The summed E-state index contributed by atoms with van der Waals surface area (Å²) in [7, 11) is 3.61. The van der Waals surface area contributed by atoms with Crippen molar-refractivity contribution >= 4 is 45.5 Å². The maximum Gasteiger partial charge on any atom is 0.262 e. The molecule has 35 heavy (non-hydrogen) atoms. The van der Waals surface area contributed by atoms with Crippen LogP contribution in [0.25, 0.3) is 33.0 Å². The number of carbonyl (C=O) groups excluding carboxylic acids is 2. The summed E-state index contributed by atoms with van der Waals surface area (Å²) in [5.74, 6) is 0.806. The molecule has 1 atom stereocenters. The fraction of sp³-hybridized carbons (Fsp3) is 0.346. The van der Waals surface area contributed by atoms with Gasteiger partial charge < -0.3 is 14.6 Å². The van der Waals surface area contributed by atoms with Crippen LogP contribution in [-0.4, -0.2) is 66.4 Å². The Kier molecular flexibility index (Phi) is 6.99. The highest BCUT2D eigenvalue weighted by Crippen LogP contribution is 2.35. The van der Waals surface area contributed by atoms with Gasteiger partial charge >= 0.3 is 0 Å². The highest BCUT2D eigenvalue weighted by Gasteiger charge is 2.31. The van der Waals surface area contributed by atoms with Gasteiger partial charge in [0, 0.05) is 43.5 Å². The number of rotatable bonds is 8. The van der Waals surface area contributed by atoms with Gasteiger partial charge in [-0.25, -0.2) is 4.98 Å². The number of nitrogens with one attached hydrogen (secondary N) is 1. The maximum atomic E-state index is 12.9. The van der Waals surface area contributed by atoms with Gasteiger partial charge in [-0.2, -0.15) is 0 Å². The van der Waals surface area contributed by atoms with E-state index in [-0.39, 0.29) is 17.9 Å². The number of thiophene rings is 1. The SMILES string of the molecule is CN(C)C(=O)[C@@H]1CCCN1CCCNC(=O)c1sccc1-c1nc(-c2cc3ccccc3o2)cs1. The number of benzene rings is 1. The van der Waals surface area contributed by atoms with Gasteiger partial charge in [-0.3, -0.25) is 14.5 Å². The molecule has 0 unspecified atom stereocenters. The maximum absolute atomic E-state index is 12.9. The molecule has 2 amide bonds. The van der Waals surface area contributed by atoms with Crippen LogP contribution in [0.3, 0.4) is 0 Å². The molecule has 1 saturated heterocycles. The zero-order valence-corrected chi connectivity index (χ0v) is 21.5. The van der Waals surface area contributed by atoms with Crippen molar-refractivity contribution in [1.29, 1.82) is 0 Å². The van der Waals surface area contributed by atoms with Crippen LogP contribution in [0, 0.1) is 0 Å². The summed E-state index contributed by atoms with van der Waals surface area (Å²) in [5.41, 5.74) is 2.45. The number of furan rings is 1. The van der Waals surface area contributed by atoms with E-state index in [1.165, 1.54) is 22.7 Å². The predicted molar refractivity (Wildman–Crippen MR) is 141 cm³/mol. The monoisotopic (exact) mass is 508 g/mol. The zero-order valence-electron chi connectivity index (χ0n) is 19.8. The number of thiazole rings is 1. The molecule has 1 aliphatic heterocycles. The number of likely N-dealkylation sites (N-methyl/N-ethyl adjacent to an activating group) is 1. The number of hydrogen-bond acceptors (Lipinski definition) is 7. The second kappa shape index (κ2) is 10.3. The first-order valence-corrected chi connectivity index (χ1v) is 13.5. The Hall–Kier alpha value is -3.01. The first-order chi connectivity index (χ1) is 17.0. The van der Waals surface area contributed by atoms with E-state index in [0.29, 0.717) is 11.4 Å². The van der Waals surface area contributed by atoms with Gasteiger partial charge in [0.15, 0.2) is 5.76 Å². The molecule has 1 aromatic carbocycles. The summed E-state index contributed by atoms with van der Waals surface area (Å²) < 4.78 is 5.95. The van der Waals surface area contributed by atoms with Crippen molar-refractivity contribution in [1.82, 2.24) is 20.1 Å². The molecule has 0 saturated carbocycles. The number of hydrogen-bond donors (Lipinski definition) is 1. The Balaban J connectivity index is 1.20. The third-order valence-electron chi connectivity index (χ3n) is 6.28. The van der Waals surface area contributed by atoms with Crippen LogP contribution in [0.5, 0.6) is 0 Å². The Morgan fingerprint density at radius 3 is 2.91 bits per heavy atom. The van der Waals surface area contributed by atoms with Crippen molar-refractivity contribution in [2.24, 2.45) is 0 Å². The molecule has 0 bridgehead atoms. The molecule has 5 rings (SSSR count). The van der Waals surface area contributed by atoms with E-state index in [2.05, 4.69) is 10.2 Å². The summed E-state index contributed by atoms with van der Waals surface area (Å²) in [6, 6.07) is 11.8. The summed E-state index contributed by atoms with van der Waals surface area (Å²) >= 11 is 2.93. The van der Waals surface area contributed by atoms with E-state index < -0.39 is 0 Å². The molecule has 0 spiro atoms. The lowest BCUT2D eigenvalue weighted by Crippen LogP contribution is -2.43. The van der Waals surface area contributed by atoms with Crippen LogP contribution in [0.2, 0.25) is 0 Å². The molecule has 7 nitrogen and oxygen atoms in total. The zero-order chi connectivity index (χ0) is 24.4. The van der Waals surface area contributed by atoms with Crippen molar-refractivity contribution in [3.8, 4) is 22.0 Å². The van der Waals surface area contributed by atoms with Crippen molar-refractivity contribution in [2.45, 2.75) is 25.3 Å². The largest absolute Gasteiger partial charge is 0.454 e. The molecule has 1 fully saturated rings. The summed E-state index contributed by atoms with van der Waals surface area (Å²) in [4.78, 5) is 34.6. The molecule has 3 aromatic heterocycles. The predicted octanol–water partition coefficient (Wildman–Crippen LogP) is 4.96. The van der Waals surface area contributed by atoms with Crippen LogP contribution in [0.15, 0.2) is 51.6 Å². The topological polar surface area (TPSA) is 78.7 Å². The quantitative estimate of drug-likeness (QED) is 0.341. The van der Waals surface area contributed by atoms with Gasteiger partial charge in [-0.05, 0) is 49.4 Å². The van der Waals surface area contributed by atoms with Crippen LogP contribution < -0.4 is 5.32 Å². The third-order valence-corrected chi connectivity index (χ3v) is 8.07. The molecule has 1 aliphatic rings. The lowest BCUT2D eigenvalue weighted by molar-refractivity contribution is -0.133. The minimum atomic E-state index is -0.0853. The van der Waals surface area contributed by atoms with Crippen molar-refractivity contribution < 1.29 is 14.0 Å². The molecule has 0 aliphatic carbocycles. The third kappa shape index (κ3) is 5.03. The van der Waals surface area contributed by atoms with E-state index in [1.54, 1.807) is 19.0 Å². The van der Waals surface area contributed by atoms with Crippen LogP contribution in [0.4, 0.5) is 0 Å². The van der Waals surface area contributed by atoms with Crippen molar-refractivity contribution in [2.75, 3.05) is 33.7 Å². The normalized spacial score (nSPS) is 16.1. The van der Waals surface area contributed by atoms with Gasteiger partial charge in [-0.15, -0.1) is 22.7 Å². The Morgan fingerprint density at radius 2 is 2.09 bits per heavy atom. The summed E-state index contributed by atoms with van der Waals surface area (Å²) in [6.07, 6.45) is 2.75. The number of amides is 2. The second-order valence-electron chi connectivity index (χ2n) is 8.89. The summed E-state index contributed by atoms with van der Waals surface area (Å²) in [6.45, 7) is 2.30. The molecule has 4 aromatic rings. The number of carbonyl (C=O) groups is 2. The highest BCUT2D eigenvalue weighted by molar-refractivity contribution is 7.15. The molecule has 1 N–H and O–H groups in total. The average molecular weight is 509 g/mol. The smallest absolute Gasteiger partial charge is 0.262 e. The standard InChI is InChI=1S/C26H28N4O3S2/c1-29(2)26(32)20-8-5-12-30(20)13-6-11-27-24(31)23-18(10-14-34-23)25-28-19(16-35-25)22-15-17-7-3-4-9-21(17)33-22/h3-4,7,9-10,14-16,20H,5-6,8,11-13H2,1-2H3,(H,27,31)/t20-/m0/s1. The average Bonchev–Trinajstić information content (AvgIpc) is 3.66. The fourth-order valence-corrected chi connectivity index (χ4v) is 6.22. The van der Waals surface area contributed by atoms with Crippen LogP contribution >= 0.6 is 22.7 Å². The van der Waals surface area contributed by atoms with Crippen molar-refractivity contribution in [3.05, 3.63) is 52.0 Å². The van der Waals surface area contributed by atoms with Gasteiger partial charge in [0.05, 0.1) is 6.04 Å². The summed E-state index contributed by atoms with van der Waals surface area (Å²) in [5, 5.41) is 8.78. The molecule has 182 valence electrons. The van der Waals surface area contributed by atoms with E-state index in [9.17, 15) is 9.59 Å². The van der Waals surface area contributed by atoms with E-state index in [0.717, 1.165) is 65.3 Å². The molecule has 0 radical (unpaired) electrons. The number of para-hydroxylation sites is 1. The second-order valence-corrected chi connectivity index (χ2v) is 10.7. The Labute approximate surface area is 212 Å². The minimum absolute atomic E-state index is 0.0320. The first kappa shape index (κ1) is 23.7. The number of aromatic nitrogens is 1. The molecular weight excluding hydrogens is 480 g/mol. The lowest BCUT2D eigenvalue weighted by Gasteiger charge is -2.26. The molecule has 4 heterocycles. The first-order valence-electron chi connectivity index (χ1n) is 11.8. The number of fused-ring (bicyclic) bond motifs is 1. The van der Waals surface area contributed by atoms with E-state index in [4.69, 9.17) is 9.40 Å². The van der Waals surface area contributed by atoms with Crippen LogP contribution in [-0.2, 0) is 4.79 Å². The van der Waals surface area contributed by atoms with Gasteiger partial charge in [0.1, 0.15) is 21.2 Å². The van der Waals surface area contributed by atoms with Crippen LogP contribution in [0.1, 0.15) is 28.9 Å². The van der Waals surface area contributed by atoms with Crippen molar-refractivity contribution in [3.63, 3.8) is 0 Å². The van der Waals surface area contributed by atoms with E-state index in [1.807, 2.05) is 47.2 Å². The van der Waals surface area contributed by atoms with Gasteiger partial charge in [0.2, 0.25) is 5.91 Å². The Bertz CT molecular complexity index is 1310. The minimum Gasteiger partial charge on any atom is -0.454 e. The molecule has 9 heteroatoms.